The lowest BCUT2D eigenvalue weighted by molar-refractivity contribution is 0.509. The van der Waals surface area contributed by atoms with E-state index in [9.17, 15) is 4.79 Å². The van der Waals surface area contributed by atoms with Crippen LogP contribution in [0.5, 0.6) is 0 Å². The second-order valence-electron chi connectivity index (χ2n) is 5.83. The number of hydrogen-bond acceptors (Lipinski definition) is 3. The zero-order chi connectivity index (χ0) is 14.4. The fourth-order valence-electron chi connectivity index (χ4n) is 2.87. The molecule has 5 heteroatoms. The third-order valence-corrected chi connectivity index (χ3v) is 5.36. The predicted molar refractivity (Wildman–Crippen MR) is 87.3 cm³/mol. The summed E-state index contributed by atoms with van der Waals surface area (Å²) in [7, 11) is 0. The van der Waals surface area contributed by atoms with Gasteiger partial charge in [-0.25, -0.2) is 0 Å². The van der Waals surface area contributed by atoms with Crippen molar-refractivity contribution in [1.29, 1.82) is 0 Å². The molecule has 0 spiro atoms. The lowest BCUT2D eigenvalue weighted by Crippen LogP contribution is -2.23. The van der Waals surface area contributed by atoms with E-state index in [1.54, 1.807) is 15.9 Å². The van der Waals surface area contributed by atoms with Gasteiger partial charge in [-0.3, -0.25) is 9.36 Å². The maximum Gasteiger partial charge on any atom is 0.263 e. The van der Waals surface area contributed by atoms with Crippen LogP contribution in [0.25, 0.3) is 10.2 Å². The molecule has 0 aliphatic heterocycles. The van der Waals surface area contributed by atoms with Crippen molar-refractivity contribution in [3.05, 3.63) is 37.7 Å². The van der Waals surface area contributed by atoms with Gasteiger partial charge in [-0.2, -0.15) is 0 Å². The van der Waals surface area contributed by atoms with Gasteiger partial charge in [0.2, 0.25) is 0 Å². The zero-order valence-electron chi connectivity index (χ0n) is 11.8. The van der Waals surface area contributed by atoms with Crippen molar-refractivity contribution in [2.75, 3.05) is 0 Å². The van der Waals surface area contributed by atoms with Gasteiger partial charge < -0.3 is 4.98 Å². The molecule has 0 saturated heterocycles. The van der Waals surface area contributed by atoms with E-state index in [0.717, 1.165) is 35.1 Å². The Balaban J connectivity index is 2.29. The fourth-order valence-corrected chi connectivity index (χ4v) is 4.59. The summed E-state index contributed by atoms with van der Waals surface area (Å²) in [5.41, 5.74) is 2.22. The molecule has 3 rings (SSSR count). The van der Waals surface area contributed by atoms with Crippen LogP contribution in [0.1, 0.15) is 30.7 Å². The molecule has 0 saturated carbocycles. The first kappa shape index (κ1) is 13.8. The van der Waals surface area contributed by atoms with Gasteiger partial charge in [0.25, 0.3) is 5.56 Å². The number of aromatic nitrogens is 2. The number of thiophene rings is 1. The molecular formula is C15H18N2OS2. The van der Waals surface area contributed by atoms with Gasteiger partial charge in [0.1, 0.15) is 4.83 Å². The number of rotatable bonds is 2. The molecule has 0 aromatic carbocycles. The Morgan fingerprint density at radius 2 is 2.35 bits per heavy atom. The SMILES string of the molecule is C=C(C)Cn1c(=S)[nH]c2sc3c(c2c1=O)CCC(C)C3. The van der Waals surface area contributed by atoms with Gasteiger partial charge >= 0.3 is 0 Å². The van der Waals surface area contributed by atoms with Gasteiger partial charge in [0.05, 0.1) is 5.39 Å². The van der Waals surface area contributed by atoms with E-state index in [-0.39, 0.29) is 5.56 Å². The standard InChI is InChI=1S/C15H18N2OS2/c1-8(2)7-17-14(18)12-10-5-4-9(3)6-11(10)20-13(12)16-15(17)19/h9H,1,4-7H2,2-3H3,(H,16,19). The van der Waals surface area contributed by atoms with E-state index in [0.29, 0.717) is 17.2 Å². The van der Waals surface area contributed by atoms with Crippen molar-refractivity contribution in [3.8, 4) is 0 Å². The Kier molecular flexibility index (Phi) is 3.42. The molecule has 1 atom stereocenters. The van der Waals surface area contributed by atoms with Crippen molar-refractivity contribution >= 4 is 33.8 Å². The van der Waals surface area contributed by atoms with E-state index >= 15 is 0 Å². The number of nitrogens with zero attached hydrogens (tertiary/aromatic N) is 1. The predicted octanol–water partition coefficient (Wildman–Crippen LogP) is 3.82. The Labute approximate surface area is 127 Å². The highest BCUT2D eigenvalue weighted by molar-refractivity contribution is 7.71. The Morgan fingerprint density at radius 3 is 3.05 bits per heavy atom. The first-order valence-electron chi connectivity index (χ1n) is 6.89. The second-order valence-corrected chi connectivity index (χ2v) is 7.33. The molecule has 1 aliphatic rings. The molecule has 1 aliphatic carbocycles. The summed E-state index contributed by atoms with van der Waals surface area (Å²) in [5.74, 6) is 0.705. The molecule has 0 fully saturated rings. The van der Waals surface area contributed by atoms with Crippen molar-refractivity contribution in [1.82, 2.24) is 9.55 Å². The van der Waals surface area contributed by atoms with Crippen molar-refractivity contribution in [2.45, 2.75) is 39.7 Å². The van der Waals surface area contributed by atoms with Gasteiger partial charge in [-0.1, -0.05) is 19.1 Å². The van der Waals surface area contributed by atoms with E-state index in [1.807, 2.05) is 6.92 Å². The van der Waals surface area contributed by atoms with Crippen molar-refractivity contribution < 1.29 is 0 Å². The smallest absolute Gasteiger partial charge is 0.263 e. The van der Waals surface area contributed by atoms with Crippen LogP contribution in [0.2, 0.25) is 0 Å². The minimum absolute atomic E-state index is 0.0406. The normalized spacial score (nSPS) is 18.2. The summed E-state index contributed by atoms with van der Waals surface area (Å²) >= 11 is 7.02. The van der Waals surface area contributed by atoms with E-state index in [4.69, 9.17) is 12.2 Å². The third-order valence-electron chi connectivity index (χ3n) is 3.86. The molecule has 0 bridgehead atoms. The molecule has 106 valence electrons. The fraction of sp³-hybridized carbons (Fsp3) is 0.467. The summed E-state index contributed by atoms with van der Waals surface area (Å²) in [6.07, 6.45) is 3.24. The third kappa shape index (κ3) is 2.19. The minimum atomic E-state index is 0.0406. The summed E-state index contributed by atoms with van der Waals surface area (Å²) in [5, 5.41) is 0.853. The molecule has 1 N–H and O–H groups in total. The highest BCUT2D eigenvalue weighted by Crippen LogP contribution is 2.35. The molecule has 0 radical (unpaired) electrons. The van der Waals surface area contributed by atoms with Crippen LogP contribution < -0.4 is 5.56 Å². The largest absolute Gasteiger partial charge is 0.323 e. The van der Waals surface area contributed by atoms with Crippen LogP contribution in [0.3, 0.4) is 0 Å². The van der Waals surface area contributed by atoms with Crippen LogP contribution >= 0.6 is 23.6 Å². The van der Waals surface area contributed by atoms with Gasteiger partial charge in [0, 0.05) is 11.4 Å². The quantitative estimate of drug-likeness (QED) is 0.676. The first-order valence-corrected chi connectivity index (χ1v) is 8.11. The van der Waals surface area contributed by atoms with Crippen LogP contribution in [0.4, 0.5) is 0 Å². The highest BCUT2D eigenvalue weighted by atomic mass is 32.1. The maximum atomic E-state index is 12.7. The topological polar surface area (TPSA) is 37.8 Å². The molecule has 2 aromatic rings. The highest BCUT2D eigenvalue weighted by Gasteiger charge is 2.23. The molecule has 3 nitrogen and oxygen atoms in total. The molecule has 2 heterocycles. The van der Waals surface area contributed by atoms with Gasteiger partial charge in [-0.15, -0.1) is 11.3 Å². The van der Waals surface area contributed by atoms with E-state index in [2.05, 4.69) is 18.5 Å². The average molecular weight is 306 g/mol. The van der Waals surface area contributed by atoms with Crippen LogP contribution in [-0.2, 0) is 19.4 Å². The summed E-state index contributed by atoms with van der Waals surface area (Å²) < 4.78 is 2.13. The number of nitrogens with one attached hydrogen (secondary N) is 1. The van der Waals surface area contributed by atoms with E-state index < -0.39 is 0 Å². The first-order chi connectivity index (χ1) is 9.47. The Morgan fingerprint density at radius 1 is 1.60 bits per heavy atom. The number of H-pyrrole nitrogens is 1. The van der Waals surface area contributed by atoms with Crippen molar-refractivity contribution in [2.24, 2.45) is 5.92 Å². The molecule has 2 aromatic heterocycles. The second kappa shape index (κ2) is 4.97. The summed E-state index contributed by atoms with van der Waals surface area (Å²) in [4.78, 5) is 18.3. The molecule has 1 unspecified atom stereocenters. The Hall–Kier alpha value is -1.20. The summed E-state index contributed by atoms with van der Waals surface area (Å²) in [6, 6.07) is 0. The molecular weight excluding hydrogens is 288 g/mol. The maximum absolute atomic E-state index is 12.7. The number of allylic oxidation sites excluding steroid dienone is 1. The minimum Gasteiger partial charge on any atom is -0.323 e. The molecule has 20 heavy (non-hydrogen) atoms. The lowest BCUT2D eigenvalue weighted by atomic mass is 9.89. The molecule has 0 amide bonds. The average Bonchev–Trinajstić information content (AvgIpc) is 2.71. The number of aryl methyl sites for hydroxylation is 1. The lowest BCUT2D eigenvalue weighted by Gasteiger charge is -2.17. The monoisotopic (exact) mass is 306 g/mol. The van der Waals surface area contributed by atoms with E-state index in [1.165, 1.54) is 10.4 Å². The van der Waals surface area contributed by atoms with Gasteiger partial charge in [-0.05, 0) is 49.9 Å². The number of fused-ring (bicyclic) bond motifs is 3. The number of aromatic amines is 1. The van der Waals surface area contributed by atoms with Crippen LogP contribution in [-0.4, -0.2) is 9.55 Å². The van der Waals surface area contributed by atoms with Crippen LogP contribution in [0, 0.1) is 10.7 Å². The zero-order valence-corrected chi connectivity index (χ0v) is 13.4. The number of hydrogen-bond donors (Lipinski definition) is 1. The Bertz CT molecular complexity index is 810. The van der Waals surface area contributed by atoms with Crippen molar-refractivity contribution in [3.63, 3.8) is 0 Å². The summed E-state index contributed by atoms with van der Waals surface area (Å²) in [6.45, 7) is 8.56. The van der Waals surface area contributed by atoms with Crippen LogP contribution in [0.15, 0.2) is 16.9 Å². The van der Waals surface area contributed by atoms with Gasteiger partial charge in [0.15, 0.2) is 4.77 Å².